The molecule has 2 unspecified atom stereocenters. The molecule has 0 saturated heterocycles. The van der Waals surface area contributed by atoms with Gasteiger partial charge in [0, 0.05) is 6.42 Å². The van der Waals surface area contributed by atoms with Crippen LogP contribution in [0.4, 0.5) is 0 Å². The van der Waals surface area contributed by atoms with Crippen molar-refractivity contribution < 1.29 is 9.53 Å². The zero-order chi connectivity index (χ0) is 38.2. The zero-order valence-electron chi connectivity index (χ0n) is 36.7. The van der Waals surface area contributed by atoms with Crippen LogP contribution >= 0.6 is 0 Å². The van der Waals surface area contributed by atoms with Gasteiger partial charge < -0.3 is 9.64 Å². The summed E-state index contributed by atoms with van der Waals surface area (Å²) in [6.45, 7) is 20.3. The van der Waals surface area contributed by atoms with E-state index in [4.69, 9.17) is 4.74 Å². The maximum atomic E-state index is 12.6. The second-order valence-corrected chi connectivity index (χ2v) is 17.0. The van der Waals surface area contributed by atoms with Crippen molar-refractivity contribution in [1.82, 2.24) is 4.90 Å². The van der Waals surface area contributed by atoms with Gasteiger partial charge in [-0.15, -0.1) is 0 Å². The summed E-state index contributed by atoms with van der Waals surface area (Å²) in [7, 11) is 0. The smallest absolute Gasteiger partial charge is 0.305 e. The van der Waals surface area contributed by atoms with E-state index < -0.39 is 0 Å². The number of carbonyl (C=O) groups is 1. The molecule has 3 nitrogen and oxygen atoms in total. The third kappa shape index (κ3) is 36.2. The Labute approximate surface area is 329 Å². The highest BCUT2D eigenvalue weighted by molar-refractivity contribution is 5.69. The van der Waals surface area contributed by atoms with Gasteiger partial charge in [0.1, 0.15) is 0 Å². The van der Waals surface area contributed by atoms with E-state index in [1.165, 1.54) is 231 Å². The van der Waals surface area contributed by atoms with Gasteiger partial charge in [-0.1, -0.05) is 201 Å². The number of ether oxygens (including phenoxy) is 1. The molecule has 0 rings (SSSR count). The molecule has 3 heteroatoms. The number of nitrogens with zero attached hydrogens (tertiary/aromatic N) is 1. The van der Waals surface area contributed by atoms with Crippen molar-refractivity contribution in [3.05, 3.63) is 12.2 Å². The van der Waals surface area contributed by atoms with E-state index >= 15 is 0 Å². The first-order chi connectivity index (χ1) is 25.5. The maximum absolute atomic E-state index is 12.6. The highest BCUT2D eigenvalue weighted by Crippen LogP contribution is 2.26. The molecule has 0 N–H and O–H groups in total. The Hall–Kier alpha value is -0.830. The Bertz CT molecular complexity index is 677. The number of unbranched alkanes of at least 4 members (excludes halogenated alkanes) is 20. The van der Waals surface area contributed by atoms with Gasteiger partial charge in [-0.05, 0) is 95.7 Å². The molecule has 310 valence electrons. The average molecular weight is 732 g/mol. The van der Waals surface area contributed by atoms with E-state index in [2.05, 4.69) is 46.1 Å². The fraction of sp³-hybridized carbons (Fsp3) is 0.939. The Kier molecular flexibility index (Phi) is 40.7. The summed E-state index contributed by atoms with van der Waals surface area (Å²) in [6, 6.07) is 0. The first kappa shape index (κ1) is 51.2. The molecule has 0 aromatic rings. The Morgan fingerprint density at radius 1 is 0.423 bits per heavy atom. The minimum atomic E-state index is 0.0359. The third-order valence-corrected chi connectivity index (χ3v) is 11.6. The van der Waals surface area contributed by atoms with Crippen LogP contribution in [-0.2, 0) is 9.53 Å². The molecule has 0 aromatic carbocycles. The van der Waals surface area contributed by atoms with Gasteiger partial charge in [0.05, 0.1) is 6.61 Å². The minimum Gasteiger partial charge on any atom is -0.465 e. The number of allylic oxidation sites excluding steroid dienone is 1. The first-order valence-corrected chi connectivity index (χ1v) is 24.0. The van der Waals surface area contributed by atoms with E-state index in [9.17, 15) is 4.79 Å². The molecule has 2 atom stereocenters. The van der Waals surface area contributed by atoms with Crippen LogP contribution in [0.15, 0.2) is 12.2 Å². The van der Waals surface area contributed by atoms with Crippen molar-refractivity contribution in [2.75, 3.05) is 26.2 Å². The molecule has 0 aliphatic heterocycles. The van der Waals surface area contributed by atoms with Crippen LogP contribution in [0, 0.1) is 11.8 Å². The molecule has 0 aliphatic rings. The summed E-state index contributed by atoms with van der Waals surface area (Å²) >= 11 is 0. The summed E-state index contributed by atoms with van der Waals surface area (Å²) in [4.78, 5) is 15.3. The molecule has 0 heterocycles. The molecular formula is C49H97NO2. The van der Waals surface area contributed by atoms with Crippen molar-refractivity contribution in [2.45, 2.75) is 259 Å². The summed E-state index contributed by atoms with van der Waals surface area (Å²) in [5, 5.41) is 0. The van der Waals surface area contributed by atoms with Crippen molar-refractivity contribution in [1.29, 1.82) is 0 Å². The molecule has 52 heavy (non-hydrogen) atoms. The fourth-order valence-corrected chi connectivity index (χ4v) is 8.03. The number of hydrogen-bond acceptors (Lipinski definition) is 3. The van der Waals surface area contributed by atoms with Crippen LogP contribution in [0.5, 0.6) is 0 Å². The van der Waals surface area contributed by atoms with Crippen LogP contribution in [0.2, 0.25) is 0 Å². The lowest BCUT2D eigenvalue weighted by molar-refractivity contribution is -0.145. The molecule has 0 fully saturated rings. The lowest BCUT2D eigenvalue weighted by atomic mass is 9.88. The van der Waals surface area contributed by atoms with Gasteiger partial charge in [0.15, 0.2) is 0 Å². The summed E-state index contributed by atoms with van der Waals surface area (Å²) in [6.07, 6.45) is 45.6. The van der Waals surface area contributed by atoms with Gasteiger partial charge in [-0.2, -0.15) is 0 Å². The van der Waals surface area contributed by atoms with Gasteiger partial charge in [-0.3, -0.25) is 4.79 Å². The maximum Gasteiger partial charge on any atom is 0.305 e. The molecule has 0 aliphatic carbocycles. The van der Waals surface area contributed by atoms with Gasteiger partial charge in [0.2, 0.25) is 0 Å². The quantitative estimate of drug-likeness (QED) is 0.0355. The highest BCUT2D eigenvalue weighted by atomic mass is 16.5. The van der Waals surface area contributed by atoms with Gasteiger partial charge in [-0.25, -0.2) is 0 Å². The van der Waals surface area contributed by atoms with Gasteiger partial charge >= 0.3 is 5.97 Å². The standard InChI is InChI=1S/C49H97NO2/c1-7-12-16-20-22-29-36-47(35-27-18-14-9-3)41-40-46(6)34-26-24-32-43-50(42-11-5)44-33-25-31-39-49(51)52-45-48(37-28-19-15-10-4)38-30-23-21-17-13-8-2/h47-48H,6-45H2,1-5H3. The Morgan fingerprint density at radius 3 is 1.31 bits per heavy atom. The molecule has 0 radical (unpaired) electrons. The van der Waals surface area contributed by atoms with Crippen LogP contribution < -0.4 is 0 Å². The molecule has 0 amide bonds. The van der Waals surface area contributed by atoms with Crippen LogP contribution in [0.3, 0.4) is 0 Å². The normalized spacial score (nSPS) is 12.8. The van der Waals surface area contributed by atoms with Crippen LogP contribution in [0.1, 0.15) is 259 Å². The molecule has 0 spiro atoms. The average Bonchev–Trinajstić information content (AvgIpc) is 3.14. The van der Waals surface area contributed by atoms with E-state index in [0.717, 1.165) is 18.8 Å². The minimum absolute atomic E-state index is 0.0359. The van der Waals surface area contributed by atoms with E-state index in [1.807, 2.05) is 0 Å². The van der Waals surface area contributed by atoms with Crippen molar-refractivity contribution in [3.63, 3.8) is 0 Å². The lowest BCUT2D eigenvalue weighted by Gasteiger charge is -2.21. The number of carbonyl (C=O) groups excluding carboxylic acids is 1. The summed E-state index contributed by atoms with van der Waals surface area (Å²) in [5.74, 6) is 1.52. The molecule has 0 aromatic heterocycles. The fourth-order valence-electron chi connectivity index (χ4n) is 8.03. The van der Waals surface area contributed by atoms with Gasteiger partial charge in [0.25, 0.3) is 0 Å². The second-order valence-electron chi connectivity index (χ2n) is 17.0. The van der Waals surface area contributed by atoms with Crippen molar-refractivity contribution >= 4 is 5.97 Å². The second kappa shape index (κ2) is 41.3. The Morgan fingerprint density at radius 2 is 0.827 bits per heavy atom. The predicted molar refractivity (Wildman–Crippen MR) is 233 cm³/mol. The summed E-state index contributed by atoms with van der Waals surface area (Å²) in [5.41, 5.74) is 1.51. The van der Waals surface area contributed by atoms with Crippen LogP contribution in [0.25, 0.3) is 0 Å². The zero-order valence-corrected chi connectivity index (χ0v) is 36.7. The first-order valence-electron chi connectivity index (χ1n) is 24.0. The lowest BCUT2D eigenvalue weighted by Crippen LogP contribution is -2.27. The molecular weight excluding hydrogens is 635 g/mol. The summed E-state index contributed by atoms with van der Waals surface area (Å²) < 4.78 is 5.84. The van der Waals surface area contributed by atoms with Crippen molar-refractivity contribution in [2.24, 2.45) is 11.8 Å². The van der Waals surface area contributed by atoms with E-state index in [0.29, 0.717) is 18.9 Å². The monoisotopic (exact) mass is 732 g/mol. The predicted octanol–water partition coefficient (Wildman–Crippen LogP) is 16.4. The Balaban J connectivity index is 4.22. The molecule has 0 saturated carbocycles. The SMILES string of the molecule is C=C(CCCCCN(CCC)CCCCCC(=O)OCC(CCCCCC)CCCCCCCC)CCC(CCCCCC)CCCCCCCC. The number of rotatable bonds is 43. The highest BCUT2D eigenvalue weighted by Gasteiger charge is 2.13. The number of esters is 1. The van der Waals surface area contributed by atoms with E-state index in [1.54, 1.807) is 0 Å². The molecule has 0 bridgehead atoms. The van der Waals surface area contributed by atoms with Crippen molar-refractivity contribution in [3.8, 4) is 0 Å². The van der Waals surface area contributed by atoms with E-state index in [-0.39, 0.29) is 5.97 Å². The number of hydrogen-bond donors (Lipinski definition) is 0. The largest absolute Gasteiger partial charge is 0.465 e. The third-order valence-electron chi connectivity index (χ3n) is 11.6. The van der Waals surface area contributed by atoms with Crippen LogP contribution in [-0.4, -0.2) is 37.1 Å². The topological polar surface area (TPSA) is 29.5 Å².